The molecule has 1 aromatic carbocycles. The standard InChI is InChI=1S/C21H29N5O/c1-15-19-20(24-23-15)17-8-7-16(6-4-12-25-10-2-3-11-25)14-18(17)26(21(19)27)13-5-9-22/h7-8,14H,2-6,9-13,22H2,1H3,(H,23,24). The number of likely N-dealkylation sites (tertiary alicyclic amines) is 1. The molecule has 3 N–H and O–H groups in total. The third-order valence-electron chi connectivity index (χ3n) is 5.74. The van der Waals surface area contributed by atoms with E-state index in [9.17, 15) is 4.79 Å². The fraction of sp³-hybridized carbons (Fsp3) is 0.524. The van der Waals surface area contributed by atoms with Gasteiger partial charge in [0.05, 0.1) is 10.9 Å². The summed E-state index contributed by atoms with van der Waals surface area (Å²) in [5, 5.41) is 9.11. The van der Waals surface area contributed by atoms with Crippen LogP contribution in [-0.2, 0) is 13.0 Å². The molecule has 144 valence electrons. The number of fused-ring (bicyclic) bond motifs is 3. The molecule has 6 nitrogen and oxygen atoms in total. The predicted molar refractivity (Wildman–Crippen MR) is 110 cm³/mol. The predicted octanol–water partition coefficient (Wildman–Crippen LogP) is 2.56. The number of pyridine rings is 1. The van der Waals surface area contributed by atoms with Gasteiger partial charge in [-0.25, -0.2) is 0 Å². The van der Waals surface area contributed by atoms with Crippen molar-refractivity contribution in [2.75, 3.05) is 26.2 Å². The van der Waals surface area contributed by atoms with E-state index >= 15 is 0 Å². The van der Waals surface area contributed by atoms with Crippen LogP contribution in [0.3, 0.4) is 0 Å². The summed E-state index contributed by atoms with van der Waals surface area (Å²) < 4.78 is 1.89. The van der Waals surface area contributed by atoms with Crippen LogP contribution in [0.1, 0.15) is 36.9 Å². The van der Waals surface area contributed by atoms with E-state index in [0.29, 0.717) is 18.5 Å². The SMILES string of the molecule is Cc1[nH]nc2c1c(=O)n(CCCN)c1cc(CCCN3CCCC3)ccc21. The van der Waals surface area contributed by atoms with Crippen molar-refractivity contribution in [3.63, 3.8) is 0 Å². The Morgan fingerprint density at radius 1 is 1.19 bits per heavy atom. The second-order valence-corrected chi connectivity index (χ2v) is 7.68. The highest BCUT2D eigenvalue weighted by Crippen LogP contribution is 2.24. The normalized spacial score (nSPS) is 15.3. The first kappa shape index (κ1) is 18.2. The van der Waals surface area contributed by atoms with Crippen LogP contribution in [0.25, 0.3) is 21.8 Å². The van der Waals surface area contributed by atoms with E-state index in [1.54, 1.807) is 0 Å². The molecule has 2 aromatic heterocycles. The number of hydrogen-bond donors (Lipinski definition) is 2. The summed E-state index contributed by atoms with van der Waals surface area (Å²) in [6, 6.07) is 6.50. The number of aromatic nitrogens is 3. The van der Waals surface area contributed by atoms with Crippen LogP contribution >= 0.6 is 0 Å². The van der Waals surface area contributed by atoms with Crippen LogP contribution in [0.4, 0.5) is 0 Å². The Kier molecular flexibility index (Phi) is 5.27. The van der Waals surface area contributed by atoms with Gasteiger partial charge in [-0.05, 0) is 76.8 Å². The van der Waals surface area contributed by atoms with Gasteiger partial charge in [0.15, 0.2) is 0 Å². The third-order valence-corrected chi connectivity index (χ3v) is 5.74. The van der Waals surface area contributed by atoms with Crippen LogP contribution in [0.2, 0.25) is 0 Å². The summed E-state index contributed by atoms with van der Waals surface area (Å²) in [5.41, 5.74) is 9.61. The lowest BCUT2D eigenvalue weighted by molar-refractivity contribution is 0.334. The highest BCUT2D eigenvalue weighted by molar-refractivity contribution is 6.04. The summed E-state index contributed by atoms with van der Waals surface area (Å²) in [7, 11) is 0. The van der Waals surface area contributed by atoms with Gasteiger partial charge in [0.1, 0.15) is 5.52 Å². The summed E-state index contributed by atoms with van der Waals surface area (Å²) >= 11 is 0. The van der Waals surface area contributed by atoms with Crippen LogP contribution in [0.15, 0.2) is 23.0 Å². The quantitative estimate of drug-likeness (QED) is 0.673. The maximum atomic E-state index is 13.1. The lowest BCUT2D eigenvalue weighted by Crippen LogP contribution is -2.22. The molecule has 0 bridgehead atoms. The molecule has 3 heterocycles. The van der Waals surface area contributed by atoms with Gasteiger partial charge in [0, 0.05) is 17.6 Å². The molecule has 0 atom stereocenters. The molecule has 1 aliphatic heterocycles. The second-order valence-electron chi connectivity index (χ2n) is 7.68. The summed E-state index contributed by atoms with van der Waals surface area (Å²) in [6.07, 6.45) is 5.65. The topological polar surface area (TPSA) is 79.9 Å². The Balaban J connectivity index is 1.69. The second kappa shape index (κ2) is 7.82. The Hall–Kier alpha value is -2.18. The molecule has 4 rings (SSSR count). The van der Waals surface area contributed by atoms with E-state index in [1.165, 1.54) is 31.5 Å². The average Bonchev–Trinajstić information content (AvgIpc) is 3.32. The highest BCUT2D eigenvalue weighted by Gasteiger charge is 2.16. The van der Waals surface area contributed by atoms with E-state index in [2.05, 4.69) is 33.3 Å². The molecule has 0 unspecified atom stereocenters. The number of aryl methyl sites for hydroxylation is 3. The minimum atomic E-state index is 0.0337. The molecule has 1 fully saturated rings. The minimum absolute atomic E-state index is 0.0337. The summed E-state index contributed by atoms with van der Waals surface area (Å²) in [5.74, 6) is 0. The maximum Gasteiger partial charge on any atom is 0.262 e. The molecular formula is C21H29N5O. The highest BCUT2D eigenvalue weighted by atomic mass is 16.1. The molecule has 27 heavy (non-hydrogen) atoms. The first-order chi connectivity index (χ1) is 13.2. The molecule has 0 spiro atoms. The molecule has 3 aromatic rings. The smallest absolute Gasteiger partial charge is 0.262 e. The van der Waals surface area contributed by atoms with Gasteiger partial charge in [0.2, 0.25) is 0 Å². The van der Waals surface area contributed by atoms with Crippen molar-refractivity contribution in [2.45, 2.75) is 45.6 Å². The number of nitrogens with two attached hydrogens (primary N) is 1. The molecule has 6 heteroatoms. The maximum absolute atomic E-state index is 13.1. The number of hydrogen-bond acceptors (Lipinski definition) is 4. The van der Waals surface area contributed by atoms with Gasteiger partial charge in [-0.1, -0.05) is 12.1 Å². The lowest BCUT2D eigenvalue weighted by atomic mass is 10.0. The van der Waals surface area contributed by atoms with Crippen molar-refractivity contribution < 1.29 is 0 Å². The van der Waals surface area contributed by atoms with Gasteiger partial charge in [0.25, 0.3) is 5.56 Å². The Bertz CT molecular complexity index is 997. The summed E-state index contributed by atoms with van der Waals surface area (Å²) in [6.45, 7) is 6.77. The average molecular weight is 367 g/mol. The number of aromatic amines is 1. The van der Waals surface area contributed by atoms with Gasteiger partial charge in [-0.3, -0.25) is 9.89 Å². The zero-order valence-corrected chi connectivity index (χ0v) is 16.1. The van der Waals surface area contributed by atoms with Gasteiger partial charge in [-0.2, -0.15) is 5.10 Å². The molecule has 0 radical (unpaired) electrons. The largest absolute Gasteiger partial charge is 0.330 e. The third kappa shape index (κ3) is 3.51. The molecule has 1 saturated heterocycles. The molecule has 0 aliphatic carbocycles. The number of benzene rings is 1. The number of nitrogens with zero attached hydrogens (tertiary/aromatic N) is 3. The fourth-order valence-electron chi connectivity index (χ4n) is 4.27. The number of rotatable bonds is 7. The molecule has 1 aliphatic rings. The van der Waals surface area contributed by atoms with Crippen molar-refractivity contribution in [3.05, 3.63) is 39.8 Å². The minimum Gasteiger partial charge on any atom is -0.330 e. The van der Waals surface area contributed by atoms with E-state index in [1.807, 2.05) is 11.5 Å². The zero-order chi connectivity index (χ0) is 18.8. The first-order valence-corrected chi connectivity index (χ1v) is 10.1. The molecule has 0 saturated carbocycles. The van der Waals surface area contributed by atoms with Crippen LogP contribution < -0.4 is 11.3 Å². The zero-order valence-electron chi connectivity index (χ0n) is 16.1. The van der Waals surface area contributed by atoms with E-state index in [-0.39, 0.29) is 5.56 Å². The number of H-pyrrole nitrogens is 1. The van der Waals surface area contributed by atoms with Crippen LogP contribution in [0, 0.1) is 6.92 Å². The molecule has 0 amide bonds. The summed E-state index contributed by atoms with van der Waals surface area (Å²) in [4.78, 5) is 15.6. The Morgan fingerprint density at radius 2 is 2.00 bits per heavy atom. The van der Waals surface area contributed by atoms with E-state index in [0.717, 1.165) is 47.9 Å². The van der Waals surface area contributed by atoms with Crippen molar-refractivity contribution in [1.82, 2.24) is 19.7 Å². The van der Waals surface area contributed by atoms with Crippen molar-refractivity contribution in [3.8, 4) is 0 Å². The van der Waals surface area contributed by atoms with Crippen molar-refractivity contribution in [2.24, 2.45) is 5.73 Å². The fourth-order valence-corrected chi connectivity index (χ4v) is 4.27. The lowest BCUT2D eigenvalue weighted by Gasteiger charge is -2.15. The van der Waals surface area contributed by atoms with Crippen molar-refractivity contribution in [1.29, 1.82) is 0 Å². The Labute approximate surface area is 159 Å². The van der Waals surface area contributed by atoms with Gasteiger partial charge >= 0.3 is 0 Å². The first-order valence-electron chi connectivity index (χ1n) is 10.1. The van der Waals surface area contributed by atoms with Gasteiger partial charge < -0.3 is 15.2 Å². The van der Waals surface area contributed by atoms with Crippen molar-refractivity contribution >= 4 is 21.8 Å². The monoisotopic (exact) mass is 367 g/mol. The van der Waals surface area contributed by atoms with Gasteiger partial charge in [-0.15, -0.1) is 0 Å². The van der Waals surface area contributed by atoms with E-state index in [4.69, 9.17) is 5.73 Å². The number of nitrogens with one attached hydrogen (secondary N) is 1. The van der Waals surface area contributed by atoms with E-state index < -0.39 is 0 Å². The van der Waals surface area contributed by atoms with Crippen LogP contribution in [-0.4, -0.2) is 45.8 Å². The molecular weight excluding hydrogens is 338 g/mol. The Morgan fingerprint density at radius 3 is 2.78 bits per heavy atom. The van der Waals surface area contributed by atoms with Crippen LogP contribution in [0.5, 0.6) is 0 Å².